The van der Waals surface area contributed by atoms with Crippen molar-refractivity contribution in [3.8, 4) is 22.5 Å². The molecule has 0 atom stereocenters. The molecular weight excluding hydrogens is 318 g/mol. The van der Waals surface area contributed by atoms with Crippen molar-refractivity contribution in [3.05, 3.63) is 70.6 Å². The van der Waals surface area contributed by atoms with Crippen molar-refractivity contribution in [3.63, 3.8) is 0 Å². The number of nitrogens with zero attached hydrogens (tertiary/aromatic N) is 2. The van der Waals surface area contributed by atoms with Crippen LogP contribution in [0.1, 0.15) is 10.4 Å². The van der Waals surface area contributed by atoms with Gasteiger partial charge in [0.2, 0.25) is 0 Å². The lowest BCUT2D eigenvalue weighted by atomic mass is 10.0. The summed E-state index contributed by atoms with van der Waals surface area (Å²) in [7, 11) is 0. The fourth-order valence-corrected chi connectivity index (χ4v) is 2.82. The first kappa shape index (κ1) is 14.8. The second-order valence-electron chi connectivity index (χ2n) is 5.55. The maximum absolute atomic E-state index is 11.9. The van der Waals surface area contributed by atoms with Crippen LogP contribution in [0.3, 0.4) is 0 Å². The minimum absolute atomic E-state index is 0.223. The third kappa shape index (κ3) is 2.47. The van der Waals surface area contributed by atoms with E-state index in [2.05, 4.69) is 20.4 Å². The van der Waals surface area contributed by atoms with Crippen LogP contribution in [-0.2, 0) is 0 Å². The first-order chi connectivity index (χ1) is 12.1. The van der Waals surface area contributed by atoms with Gasteiger partial charge >= 0.3 is 0 Å². The highest BCUT2D eigenvalue weighted by molar-refractivity contribution is 5.99. The van der Waals surface area contributed by atoms with E-state index < -0.39 is 5.91 Å². The first-order valence-corrected chi connectivity index (χ1v) is 7.56. The Kier molecular flexibility index (Phi) is 3.39. The number of aromatic nitrogens is 4. The van der Waals surface area contributed by atoms with Gasteiger partial charge < -0.3 is 5.73 Å². The van der Waals surface area contributed by atoms with Crippen LogP contribution in [0.5, 0.6) is 0 Å². The molecule has 4 rings (SSSR count). The number of hydrogen-bond donors (Lipinski definition) is 3. The van der Waals surface area contributed by atoms with Gasteiger partial charge in [-0.05, 0) is 6.07 Å². The summed E-state index contributed by atoms with van der Waals surface area (Å²) in [6.45, 7) is 0. The number of nitrogens with one attached hydrogen (secondary N) is 2. The fraction of sp³-hybridized carbons (Fsp3) is 0. The Balaban J connectivity index is 1.82. The van der Waals surface area contributed by atoms with Crippen LogP contribution >= 0.6 is 0 Å². The molecule has 2 heterocycles. The Morgan fingerprint density at radius 2 is 1.60 bits per heavy atom. The summed E-state index contributed by atoms with van der Waals surface area (Å²) in [5.41, 5.74) is 8.34. The summed E-state index contributed by atoms with van der Waals surface area (Å²) in [5, 5.41) is 14.7. The zero-order valence-electron chi connectivity index (χ0n) is 13.0. The predicted octanol–water partition coefficient (Wildman–Crippen LogP) is 2.08. The third-order valence-electron chi connectivity index (χ3n) is 4.05. The lowest BCUT2D eigenvalue weighted by molar-refractivity contribution is 0.100. The summed E-state index contributed by atoms with van der Waals surface area (Å²) in [6.07, 6.45) is 1.41. The minimum Gasteiger partial charge on any atom is -0.365 e. The molecule has 0 spiro atoms. The number of nitrogens with two attached hydrogens (primary N) is 1. The topological polar surface area (TPSA) is 118 Å². The predicted molar refractivity (Wildman–Crippen MR) is 93.9 cm³/mol. The quantitative estimate of drug-likeness (QED) is 0.532. The maximum atomic E-state index is 11.9. The molecule has 7 heteroatoms. The molecule has 0 unspecified atom stereocenters. The molecule has 0 radical (unpaired) electrons. The Morgan fingerprint density at radius 1 is 0.920 bits per heavy atom. The van der Waals surface area contributed by atoms with Crippen LogP contribution in [-0.4, -0.2) is 26.3 Å². The van der Waals surface area contributed by atoms with Crippen LogP contribution in [0.4, 0.5) is 0 Å². The van der Waals surface area contributed by atoms with Gasteiger partial charge in [0.05, 0.1) is 28.5 Å². The number of carbonyl (C=O) groups is 1. The molecule has 7 nitrogen and oxygen atoms in total. The lowest BCUT2D eigenvalue weighted by Crippen LogP contribution is -2.11. The molecule has 0 saturated carbocycles. The summed E-state index contributed by atoms with van der Waals surface area (Å²) in [6, 6.07) is 14.7. The molecule has 2 aromatic carbocycles. The molecular formula is C18H13N5O2. The highest BCUT2D eigenvalue weighted by Gasteiger charge is 2.13. The number of carbonyl (C=O) groups excluding carboxylic acids is 1. The number of aromatic amines is 2. The smallest absolute Gasteiger partial charge is 0.272 e. The molecule has 0 aliphatic rings. The Morgan fingerprint density at radius 3 is 2.32 bits per heavy atom. The van der Waals surface area contributed by atoms with E-state index in [0.29, 0.717) is 22.3 Å². The normalized spacial score (nSPS) is 10.9. The number of amides is 1. The molecule has 0 saturated heterocycles. The van der Waals surface area contributed by atoms with Crippen molar-refractivity contribution >= 4 is 16.7 Å². The SMILES string of the molecule is NC(=O)c1cn[nH]c1-c1ccc(-c2n[nH]c(=O)c3ccccc23)cc1. The molecule has 0 aliphatic carbocycles. The molecule has 4 aromatic rings. The van der Waals surface area contributed by atoms with Crippen molar-refractivity contribution in [2.24, 2.45) is 5.73 Å². The van der Waals surface area contributed by atoms with Crippen molar-refractivity contribution in [1.29, 1.82) is 0 Å². The second kappa shape index (κ2) is 5.72. The monoisotopic (exact) mass is 331 g/mol. The van der Waals surface area contributed by atoms with Crippen LogP contribution in [0.25, 0.3) is 33.3 Å². The largest absolute Gasteiger partial charge is 0.365 e. The number of rotatable bonds is 3. The van der Waals surface area contributed by atoms with E-state index in [1.807, 2.05) is 42.5 Å². The van der Waals surface area contributed by atoms with Gasteiger partial charge in [-0.3, -0.25) is 14.7 Å². The van der Waals surface area contributed by atoms with Gasteiger partial charge in [0, 0.05) is 16.5 Å². The van der Waals surface area contributed by atoms with Crippen LogP contribution in [0, 0.1) is 0 Å². The van der Waals surface area contributed by atoms with E-state index in [1.165, 1.54) is 6.20 Å². The number of fused-ring (bicyclic) bond motifs is 1. The molecule has 0 bridgehead atoms. The summed E-state index contributed by atoms with van der Waals surface area (Å²) < 4.78 is 0. The molecule has 1 amide bonds. The van der Waals surface area contributed by atoms with Gasteiger partial charge in [-0.2, -0.15) is 10.2 Å². The molecule has 25 heavy (non-hydrogen) atoms. The third-order valence-corrected chi connectivity index (χ3v) is 4.05. The van der Waals surface area contributed by atoms with Gasteiger partial charge in [-0.25, -0.2) is 5.10 Å². The fourth-order valence-electron chi connectivity index (χ4n) is 2.82. The molecule has 122 valence electrons. The number of hydrogen-bond acceptors (Lipinski definition) is 4. The van der Waals surface area contributed by atoms with Crippen LogP contribution in [0.2, 0.25) is 0 Å². The van der Waals surface area contributed by atoms with Gasteiger partial charge in [0.1, 0.15) is 0 Å². The van der Waals surface area contributed by atoms with E-state index in [9.17, 15) is 9.59 Å². The number of primary amides is 1. The van der Waals surface area contributed by atoms with Gasteiger partial charge in [-0.1, -0.05) is 42.5 Å². The highest BCUT2D eigenvalue weighted by Crippen LogP contribution is 2.27. The number of H-pyrrole nitrogens is 2. The van der Waals surface area contributed by atoms with Crippen LogP contribution < -0.4 is 11.3 Å². The van der Waals surface area contributed by atoms with E-state index in [0.717, 1.165) is 16.5 Å². The van der Waals surface area contributed by atoms with E-state index >= 15 is 0 Å². The molecule has 2 aromatic heterocycles. The zero-order chi connectivity index (χ0) is 17.4. The van der Waals surface area contributed by atoms with Crippen molar-refractivity contribution in [2.75, 3.05) is 0 Å². The molecule has 4 N–H and O–H groups in total. The van der Waals surface area contributed by atoms with E-state index in [-0.39, 0.29) is 5.56 Å². The average molecular weight is 331 g/mol. The van der Waals surface area contributed by atoms with Gasteiger partial charge in [0.25, 0.3) is 11.5 Å². The van der Waals surface area contributed by atoms with E-state index in [1.54, 1.807) is 6.07 Å². The zero-order valence-corrected chi connectivity index (χ0v) is 13.0. The van der Waals surface area contributed by atoms with E-state index in [4.69, 9.17) is 5.73 Å². The Labute approximate surface area is 141 Å². The van der Waals surface area contributed by atoms with Crippen molar-refractivity contribution < 1.29 is 4.79 Å². The van der Waals surface area contributed by atoms with Crippen molar-refractivity contribution in [2.45, 2.75) is 0 Å². The second-order valence-corrected chi connectivity index (χ2v) is 5.55. The first-order valence-electron chi connectivity index (χ1n) is 7.56. The summed E-state index contributed by atoms with van der Waals surface area (Å²) in [4.78, 5) is 23.3. The Hall–Kier alpha value is -3.74. The van der Waals surface area contributed by atoms with Gasteiger partial charge in [0.15, 0.2) is 0 Å². The maximum Gasteiger partial charge on any atom is 0.272 e. The average Bonchev–Trinajstić information content (AvgIpc) is 3.13. The van der Waals surface area contributed by atoms with Gasteiger partial charge in [-0.15, -0.1) is 0 Å². The lowest BCUT2D eigenvalue weighted by Gasteiger charge is -2.06. The molecule has 0 aliphatic heterocycles. The summed E-state index contributed by atoms with van der Waals surface area (Å²) in [5.74, 6) is -0.541. The standard InChI is InChI=1S/C18H13N5O2/c19-17(24)14-9-20-21-16(14)11-7-5-10(6-8-11)15-12-3-1-2-4-13(12)18(25)23-22-15/h1-9H,(H2,19,24)(H,20,21)(H,23,25). The molecule has 0 fully saturated rings. The summed E-state index contributed by atoms with van der Waals surface area (Å²) >= 11 is 0. The van der Waals surface area contributed by atoms with Crippen molar-refractivity contribution in [1.82, 2.24) is 20.4 Å². The highest BCUT2D eigenvalue weighted by atomic mass is 16.1. The Bertz CT molecular complexity index is 1140. The van der Waals surface area contributed by atoms with Crippen LogP contribution in [0.15, 0.2) is 59.5 Å². The minimum atomic E-state index is -0.541. The number of benzene rings is 2.